The molecule has 0 atom stereocenters. The number of aromatic carboxylic acids is 1. The van der Waals surface area contributed by atoms with Crippen LogP contribution in [0.2, 0.25) is 0 Å². The van der Waals surface area contributed by atoms with Gasteiger partial charge >= 0.3 is 18.3 Å². The SMILES string of the molecule is NCCc1ccc(Oc2ccccc2)cc1.O=C(O)c1ccc(-c2ccccc2)cc1.O=Cc1cc(C(F)(F)F)cc(C(F)(F)F)c1. The molecule has 0 fully saturated rings. The minimum atomic E-state index is -4.92. The third-order valence-corrected chi connectivity index (χ3v) is 6.32. The van der Waals surface area contributed by atoms with Crippen molar-refractivity contribution in [1.29, 1.82) is 0 Å². The van der Waals surface area contributed by atoms with Crippen LogP contribution in [0, 0.1) is 0 Å². The first-order chi connectivity index (χ1) is 22.3. The van der Waals surface area contributed by atoms with Gasteiger partial charge in [0, 0.05) is 5.56 Å². The Hall–Kier alpha value is -5.42. The van der Waals surface area contributed by atoms with E-state index >= 15 is 0 Å². The first kappa shape index (κ1) is 36.1. The number of alkyl halides is 6. The quantitative estimate of drug-likeness (QED) is 0.135. The molecule has 0 aliphatic carbocycles. The van der Waals surface area contributed by atoms with Crippen LogP contribution in [-0.4, -0.2) is 23.9 Å². The van der Waals surface area contributed by atoms with Crippen LogP contribution >= 0.6 is 0 Å². The van der Waals surface area contributed by atoms with Crippen LogP contribution in [-0.2, 0) is 18.8 Å². The van der Waals surface area contributed by atoms with E-state index in [9.17, 15) is 35.9 Å². The van der Waals surface area contributed by atoms with Crippen LogP contribution in [0.5, 0.6) is 11.5 Å². The number of para-hydroxylation sites is 1. The summed E-state index contributed by atoms with van der Waals surface area (Å²) in [6.07, 6.45) is -8.99. The summed E-state index contributed by atoms with van der Waals surface area (Å²) >= 11 is 0. The number of benzene rings is 5. The molecule has 11 heteroatoms. The number of hydrogen-bond acceptors (Lipinski definition) is 4. The second-order valence-electron chi connectivity index (χ2n) is 9.80. The lowest BCUT2D eigenvalue weighted by atomic mass is 10.0. The summed E-state index contributed by atoms with van der Waals surface area (Å²) in [6.45, 7) is 0.679. The summed E-state index contributed by atoms with van der Waals surface area (Å²) in [7, 11) is 0. The molecule has 5 nitrogen and oxygen atoms in total. The first-order valence-corrected chi connectivity index (χ1v) is 14.0. The maximum atomic E-state index is 12.2. The fourth-order valence-electron chi connectivity index (χ4n) is 4.00. The number of carboxylic acids is 1. The molecule has 0 amide bonds. The van der Waals surface area contributed by atoms with Gasteiger partial charge in [-0.15, -0.1) is 0 Å². The molecule has 47 heavy (non-hydrogen) atoms. The predicted octanol–water partition coefficient (Wildman–Crippen LogP) is 9.57. The number of nitrogens with two attached hydrogens (primary N) is 1. The van der Waals surface area contributed by atoms with Crippen molar-refractivity contribution in [1.82, 2.24) is 0 Å². The van der Waals surface area contributed by atoms with Gasteiger partial charge in [-0.2, -0.15) is 26.3 Å². The van der Waals surface area contributed by atoms with Gasteiger partial charge in [-0.05, 0) is 84.3 Å². The highest BCUT2D eigenvalue weighted by molar-refractivity contribution is 5.88. The largest absolute Gasteiger partial charge is 0.478 e. The molecule has 0 aliphatic rings. The first-order valence-electron chi connectivity index (χ1n) is 14.0. The van der Waals surface area contributed by atoms with Gasteiger partial charge in [-0.3, -0.25) is 4.79 Å². The zero-order chi connectivity index (χ0) is 34.5. The number of carboxylic acid groups (broad SMARTS) is 1. The maximum absolute atomic E-state index is 12.2. The van der Waals surface area contributed by atoms with Gasteiger partial charge in [0.2, 0.25) is 0 Å². The van der Waals surface area contributed by atoms with Crippen molar-refractivity contribution < 1.29 is 45.8 Å². The van der Waals surface area contributed by atoms with Crippen LogP contribution in [0.3, 0.4) is 0 Å². The van der Waals surface area contributed by atoms with Crippen molar-refractivity contribution >= 4 is 12.3 Å². The molecule has 5 rings (SSSR count). The van der Waals surface area contributed by atoms with E-state index in [0.29, 0.717) is 24.2 Å². The van der Waals surface area contributed by atoms with Crippen molar-refractivity contribution in [2.75, 3.05) is 6.54 Å². The van der Waals surface area contributed by atoms with E-state index in [1.165, 1.54) is 5.56 Å². The zero-order valence-electron chi connectivity index (χ0n) is 24.6. The Morgan fingerprint density at radius 2 is 1.13 bits per heavy atom. The molecule has 0 saturated carbocycles. The highest BCUT2D eigenvalue weighted by Crippen LogP contribution is 2.36. The fourth-order valence-corrected chi connectivity index (χ4v) is 4.00. The molecule has 244 valence electrons. The topological polar surface area (TPSA) is 89.6 Å². The lowest BCUT2D eigenvalue weighted by molar-refractivity contribution is -0.143. The standard InChI is InChI=1S/C14H15NO.C13H10O2.C9H4F6O/c15-11-10-12-6-8-14(9-7-12)16-13-4-2-1-3-5-13;14-13(15)12-8-6-11(7-9-12)10-4-2-1-3-5-10;10-8(11,12)6-1-5(4-16)2-7(3-6)9(13,14)15/h1-9H,10-11,15H2;1-9H,(H,14,15);1-4H. The molecule has 0 bridgehead atoms. The van der Waals surface area contributed by atoms with Crippen LogP contribution in [0.25, 0.3) is 11.1 Å². The van der Waals surface area contributed by atoms with E-state index in [1.807, 2.05) is 97.1 Å². The third-order valence-electron chi connectivity index (χ3n) is 6.32. The van der Waals surface area contributed by atoms with E-state index in [0.717, 1.165) is 29.0 Å². The Morgan fingerprint density at radius 3 is 1.57 bits per heavy atom. The molecule has 5 aromatic carbocycles. The van der Waals surface area contributed by atoms with Crippen molar-refractivity contribution in [2.24, 2.45) is 5.73 Å². The lowest BCUT2D eigenvalue weighted by Gasteiger charge is -2.12. The molecule has 3 N–H and O–H groups in total. The zero-order valence-corrected chi connectivity index (χ0v) is 24.6. The van der Waals surface area contributed by atoms with E-state index in [1.54, 1.807) is 12.1 Å². The average molecular weight is 654 g/mol. The summed E-state index contributed by atoms with van der Waals surface area (Å²) in [5.74, 6) is 0.815. The minimum absolute atomic E-state index is 0.0347. The summed E-state index contributed by atoms with van der Waals surface area (Å²) in [5.41, 5.74) is 5.51. The van der Waals surface area contributed by atoms with Crippen LogP contribution in [0.1, 0.15) is 37.4 Å². The van der Waals surface area contributed by atoms with Gasteiger partial charge in [0.25, 0.3) is 0 Å². The Kier molecular flexibility index (Phi) is 12.9. The summed E-state index contributed by atoms with van der Waals surface area (Å²) in [4.78, 5) is 20.9. The summed E-state index contributed by atoms with van der Waals surface area (Å²) in [6, 6.07) is 35.2. The summed E-state index contributed by atoms with van der Waals surface area (Å²) in [5, 5.41) is 8.75. The molecule has 0 saturated heterocycles. The number of halogens is 6. The van der Waals surface area contributed by atoms with Crippen molar-refractivity contribution in [3.05, 3.63) is 155 Å². The molecule has 0 spiro atoms. The van der Waals surface area contributed by atoms with Gasteiger partial charge < -0.3 is 15.6 Å². The number of carbonyl (C=O) groups excluding carboxylic acids is 1. The Morgan fingerprint density at radius 1 is 0.660 bits per heavy atom. The third kappa shape index (κ3) is 11.8. The molecule has 5 aromatic rings. The predicted molar refractivity (Wildman–Crippen MR) is 166 cm³/mol. The molecule has 0 heterocycles. The monoisotopic (exact) mass is 653 g/mol. The second kappa shape index (κ2) is 16.8. The molecule has 0 unspecified atom stereocenters. The highest BCUT2D eigenvalue weighted by Gasteiger charge is 2.36. The number of hydrogen-bond donors (Lipinski definition) is 2. The summed E-state index contributed by atoms with van der Waals surface area (Å²) < 4.78 is 78.8. The van der Waals surface area contributed by atoms with E-state index < -0.39 is 35.0 Å². The molecular weight excluding hydrogens is 624 g/mol. The number of ether oxygens (including phenoxy) is 1. The normalized spacial score (nSPS) is 10.9. The molecular formula is C36H29F6NO4. The molecule has 0 aromatic heterocycles. The van der Waals surface area contributed by atoms with E-state index in [2.05, 4.69) is 0 Å². The van der Waals surface area contributed by atoms with E-state index in [4.69, 9.17) is 15.6 Å². The fraction of sp³-hybridized carbons (Fsp3) is 0.111. The van der Waals surface area contributed by atoms with E-state index in [-0.39, 0.29) is 12.4 Å². The highest BCUT2D eigenvalue weighted by atomic mass is 19.4. The average Bonchev–Trinajstić information content (AvgIpc) is 3.06. The van der Waals surface area contributed by atoms with Crippen molar-refractivity contribution in [3.63, 3.8) is 0 Å². The van der Waals surface area contributed by atoms with Crippen molar-refractivity contribution in [2.45, 2.75) is 18.8 Å². The maximum Gasteiger partial charge on any atom is 0.416 e. The Labute approximate surface area is 266 Å². The molecule has 0 radical (unpaired) electrons. The number of aldehydes is 1. The van der Waals surface area contributed by atoms with Crippen LogP contribution in [0.15, 0.2) is 127 Å². The van der Waals surface area contributed by atoms with Crippen LogP contribution in [0.4, 0.5) is 26.3 Å². The minimum Gasteiger partial charge on any atom is -0.478 e. The van der Waals surface area contributed by atoms with Crippen molar-refractivity contribution in [3.8, 4) is 22.6 Å². The lowest BCUT2D eigenvalue weighted by Crippen LogP contribution is -2.11. The Bertz CT molecular complexity index is 1670. The number of carbonyl (C=O) groups is 2. The smallest absolute Gasteiger partial charge is 0.416 e. The van der Waals surface area contributed by atoms with Gasteiger partial charge in [0.15, 0.2) is 0 Å². The van der Waals surface area contributed by atoms with Gasteiger partial charge in [0.1, 0.15) is 17.8 Å². The molecule has 0 aliphatic heterocycles. The number of rotatable bonds is 7. The van der Waals surface area contributed by atoms with Gasteiger partial charge in [0.05, 0.1) is 16.7 Å². The van der Waals surface area contributed by atoms with Crippen LogP contribution < -0.4 is 10.5 Å². The van der Waals surface area contributed by atoms with Gasteiger partial charge in [-0.25, -0.2) is 4.79 Å². The Balaban J connectivity index is 0.000000192. The van der Waals surface area contributed by atoms with Gasteiger partial charge in [-0.1, -0.05) is 72.8 Å². The second-order valence-corrected chi connectivity index (χ2v) is 9.80.